The van der Waals surface area contributed by atoms with Gasteiger partial charge in [-0.2, -0.15) is 0 Å². The first-order chi connectivity index (χ1) is 12.1. The second-order valence-electron chi connectivity index (χ2n) is 6.83. The Bertz CT molecular complexity index is 940. The molecule has 0 unspecified atom stereocenters. The summed E-state index contributed by atoms with van der Waals surface area (Å²) in [7, 11) is -3.62. The van der Waals surface area contributed by atoms with Crippen LogP contribution < -0.4 is 14.8 Å². The van der Waals surface area contributed by atoms with E-state index in [9.17, 15) is 13.2 Å². The normalized spacial score (nSPS) is 16.0. The van der Waals surface area contributed by atoms with Gasteiger partial charge in [0.15, 0.2) is 0 Å². The minimum Gasteiger partial charge on any atom is -0.490 e. The molecule has 8 heteroatoms. The molecular formula is C18H19ClN2O4S. The first kappa shape index (κ1) is 18.5. The molecule has 2 aromatic carbocycles. The Balaban J connectivity index is 1.78. The fraction of sp³-hybridized carbons (Fsp3) is 0.278. The summed E-state index contributed by atoms with van der Waals surface area (Å²) in [5.41, 5.74) is 0.733. The van der Waals surface area contributed by atoms with Gasteiger partial charge in [0.2, 0.25) is 15.9 Å². The molecule has 2 N–H and O–H groups in total. The van der Waals surface area contributed by atoms with Crippen LogP contribution in [0.3, 0.4) is 0 Å². The number of carbonyl (C=O) groups is 1. The second kappa shape index (κ2) is 6.81. The van der Waals surface area contributed by atoms with Crippen LogP contribution in [0.1, 0.15) is 19.4 Å². The highest BCUT2D eigenvalue weighted by Crippen LogP contribution is 2.34. The molecule has 1 amide bonds. The number of sulfonamides is 1. The first-order valence-electron chi connectivity index (χ1n) is 7.98. The van der Waals surface area contributed by atoms with Crippen LogP contribution >= 0.6 is 11.6 Å². The predicted octanol–water partition coefficient (Wildman–Crippen LogP) is 3.64. The monoisotopic (exact) mass is 394 g/mol. The summed E-state index contributed by atoms with van der Waals surface area (Å²) >= 11 is 5.81. The van der Waals surface area contributed by atoms with E-state index in [0.717, 1.165) is 0 Å². The summed E-state index contributed by atoms with van der Waals surface area (Å²) in [4.78, 5) is 12.2. The molecule has 138 valence electrons. The van der Waals surface area contributed by atoms with Crippen molar-refractivity contribution in [1.29, 1.82) is 0 Å². The molecule has 26 heavy (non-hydrogen) atoms. The van der Waals surface area contributed by atoms with Crippen molar-refractivity contribution in [2.24, 2.45) is 5.41 Å². The van der Waals surface area contributed by atoms with Gasteiger partial charge in [-0.1, -0.05) is 23.7 Å². The standard InChI is InChI=1S/C18H19ClN2O4S/c1-18(2)11-25-16-8-7-14(9-15(16)20-17(18)22)21-26(23,24)10-12-3-5-13(19)6-4-12/h3-9,21H,10-11H2,1-2H3,(H,20,22). The van der Waals surface area contributed by atoms with Crippen molar-refractivity contribution < 1.29 is 17.9 Å². The minimum atomic E-state index is -3.62. The van der Waals surface area contributed by atoms with Gasteiger partial charge in [-0.3, -0.25) is 9.52 Å². The molecule has 0 bridgehead atoms. The van der Waals surface area contributed by atoms with Gasteiger partial charge >= 0.3 is 0 Å². The minimum absolute atomic E-state index is 0.183. The summed E-state index contributed by atoms with van der Waals surface area (Å²) in [5, 5.41) is 3.33. The number of carbonyl (C=O) groups excluding carboxylic acids is 1. The molecule has 0 radical (unpaired) electrons. The van der Waals surface area contributed by atoms with E-state index in [-0.39, 0.29) is 18.3 Å². The average molecular weight is 395 g/mol. The van der Waals surface area contributed by atoms with E-state index in [1.54, 1.807) is 56.3 Å². The van der Waals surface area contributed by atoms with Crippen LogP contribution in [0.5, 0.6) is 5.75 Å². The SMILES string of the molecule is CC1(C)COc2ccc(NS(=O)(=O)Cc3ccc(Cl)cc3)cc2NC1=O. The van der Waals surface area contributed by atoms with Gasteiger partial charge in [0.05, 0.1) is 22.5 Å². The maximum absolute atomic E-state index is 12.4. The summed E-state index contributed by atoms with van der Waals surface area (Å²) < 4.78 is 33.0. The van der Waals surface area contributed by atoms with Crippen molar-refractivity contribution in [3.8, 4) is 5.75 Å². The van der Waals surface area contributed by atoms with E-state index < -0.39 is 15.4 Å². The highest BCUT2D eigenvalue weighted by Gasteiger charge is 2.32. The largest absolute Gasteiger partial charge is 0.490 e. The van der Waals surface area contributed by atoms with Gasteiger partial charge < -0.3 is 10.1 Å². The first-order valence-corrected chi connectivity index (χ1v) is 10.0. The van der Waals surface area contributed by atoms with E-state index in [2.05, 4.69) is 10.0 Å². The van der Waals surface area contributed by atoms with Crippen LogP contribution in [0.4, 0.5) is 11.4 Å². The molecule has 1 aliphatic heterocycles. The van der Waals surface area contributed by atoms with E-state index in [1.165, 1.54) is 0 Å². The lowest BCUT2D eigenvalue weighted by Crippen LogP contribution is -2.33. The number of ether oxygens (including phenoxy) is 1. The summed E-state index contributed by atoms with van der Waals surface area (Å²) in [6, 6.07) is 11.4. The van der Waals surface area contributed by atoms with Crippen LogP contribution in [0.2, 0.25) is 5.02 Å². The van der Waals surface area contributed by atoms with Gasteiger partial charge in [0, 0.05) is 5.02 Å². The fourth-order valence-corrected chi connectivity index (χ4v) is 3.76. The van der Waals surface area contributed by atoms with Crippen molar-refractivity contribution in [2.75, 3.05) is 16.6 Å². The van der Waals surface area contributed by atoms with Crippen molar-refractivity contribution in [3.05, 3.63) is 53.1 Å². The molecule has 1 aliphatic rings. The Morgan fingerprint density at radius 2 is 1.88 bits per heavy atom. The molecule has 0 fully saturated rings. The predicted molar refractivity (Wildman–Crippen MR) is 102 cm³/mol. The van der Waals surface area contributed by atoms with Gasteiger partial charge in [0.25, 0.3) is 0 Å². The summed E-state index contributed by atoms with van der Waals surface area (Å²) in [5.74, 6) is 0.138. The lowest BCUT2D eigenvalue weighted by Gasteiger charge is -2.18. The molecular weight excluding hydrogens is 376 g/mol. The maximum atomic E-state index is 12.4. The van der Waals surface area contributed by atoms with E-state index in [0.29, 0.717) is 27.7 Å². The van der Waals surface area contributed by atoms with Gasteiger partial charge in [-0.05, 0) is 49.7 Å². The molecule has 2 aromatic rings. The van der Waals surface area contributed by atoms with Gasteiger partial charge in [-0.25, -0.2) is 8.42 Å². The number of anilines is 2. The lowest BCUT2D eigenvalue weighted by atomic mass is 9.94. The maximum Gasteiger partial charge on any atom is 0.236 e. The van der Waals surface area contributed by atoms with Crippen LogP contribution in [-0.2, 0) is 20.6 Å². The van der Waals surface area contributed by atoms with Crippen LogP contribution in [0.25, 0.3) is 0 Å². The number of amides is 1. The van der Waals surface area contributed by atoms with Gasteiger partial charge in [0.1, 0.15) is 12.4 Å². The van der Waals surface area contributed by atoms with Crippen LogP contribution in [0, 0.1) is 5.41 Å². The molecule has 1 heterocycles. The Labute approximate surface area is 157 Å². The molecule has 0 atom stereocenters. The number of nitrogens with one attached hydrogen (secondary N) is 2. The third-order valence-corrected chi connectivity index (χ3v) is 5.49. The van der Waals surface area contributed by atoms with Crippen LogP contribution in [-0.4, -0.2) is 20.9 Å². The summed E-state index contributed by atoms with van der Waals surface area (Å²) in [6.45, 7) is 3.81. The number of benzene rings is 2. The molecule has 0 aliphatic carbocycles. The number of hydrogen-bond donors (Lipinski definition) is 2. The molecule has 0 saturated heterocycles. The van der Waals surface area contributed by atoms with Crippen molar-refractivity contribution in [1.82, 2.24) is 0 Å². The van der Waals surface area contributed by atoms with Gasteiger partial charge in [-0.15, -0.1) is 0 Å². The number of halogens is 1. The summed E-state index contributed by atoms with van der Waals surface area (Å²) in [6.07, 6.45) is 0. The highest BCUT2D eigenvalue weighted by molar-refractivity contribution is 7.91. The van der Waals surface area contributed by atoms with Crippen molar-refractivity contribution in [2.45, 2.75) is 19.6 Å². The van der Waals surface area contributed by atoms with Crippen LogP contribution in [0.15, 0.2) is 42.5 Å². The van der Waals surface area contributed by atoms with E-state index in [1.807, 2.05) is 0 Å². The Morgan fingerprint density at radius 3 is 2.58 bits per heavy atom. The Kier molecular flexibility index (Phi) is 4.86. The number of hydrogen-bond acceptors (Lipinski definition) is 4. The molecule has 0 saturated carbocycles. The number of fused-ring (bicyclic) bond motifs is 1. The third-order valence-electron chi connectivity index (χ3n) is 3.97. The quantitative estimate of drug-likeness (QED) is 0.829. The topological polar surface area (TPSA) is 84.5 Å². The zero-order valence-corrected chi connectivity index (χ0v) is 15.9. The zero-order chi connectivity index (χ0) is 18.9. The zero-order valence-electron chi connectivity index (χ0n) is 14.4. The Morgan fingerprint density at radius 1 is 1.19 bits per heavy atom. The molecule has 0 spiro atoms. The van der Waals surface area contributed by atoms with Crippen molar-refractivity contribution in [3.63, 3.8) is 0 Å². The fourth-order valence-electron chi connectivity index (χ4n) is 2.45. The molecule has 0 aromatic heterocycles. The van der Waals surface area contributed by atoms with E-state index >= 15 is 0 Å². The smallest absolute Gasteiger partial charge is 0.236 e. The number of rotatable bonds is 4. The molecule has 6 nitrogen and oxygen atoms in total. The lowest BCUT2D eigenvalue weighted by molar-refractivity contribution is -0.124. The highest BCUT2D eigenvalue weighted by atomic mass is 35.5. The average Bonchev–Trinajstić information content (AvgIpc) is 2.66. The Hall–Kier alpha value is -2.25. The van der Waals surface area contributed by atoms with E-state index in [4.69, 9.17) is 16.3 Å². The second-order valence-corrected chi connectivity index (χ2v) is 8.98. The van der Waals surface area contributed by atoms with Crippen molar-refractivity contribution >= 4 is 38.9 Å². The third kappa shape index (κ3) is 4.28. The molecule has 3 rings (SSSR count).